The van der Waals surface area contributed by atoms with Crippen LogP contribution in [0.15, 0.2) is 87.3 Å². The van der Waals surface area contributed by atoms with E-state index in [1.165, 1.54) is 42.5 Å². The van der Waals surface area contributed by atoms with Crippen LogP contribution in [0.4, 0.5) is 28.9 Å². The van der Waals surface area contributed by atoms with Crippen molar-refractivity contribution >= 4 is 92.7 Å². The molecule has 0 aromatic heterocycles. The van der Waals surface area contributed by atoms with E-state index in [4.69, 9.17) is 4.74 Å². The molecule has 0 saturated carbocycles. The predicted molar refractivity (Wildman–Crippen MR) is 265 cm³/mol. The Labute approximate surface area is 440 Å². The van der Waals surface area contributed by atoms with Gasteiger partial charge in [-0.3, -0.25) is 13.7 Å². The molecule has 0 saturated heterocycles. The number of ether oxygens (including phenoxy) is 1. The number of rotatable bonds is 20. The molecule has 1 aliphatic carbocycles. The Morgan fingerprint density at radius 3 is 1.92 bits per heavy atom. The third-order valence-corrected chi connectivity index (χ3v) is 16.3. The molecule has 0 bridgehead atoms. The van der Waals surface area contributed by atoms with Crippen LogP contribution in [-0.4, -0.2) is 123 Å². The van der Waals surface area contributed by atoms with E-state index in [2.05, 4.69) is 0 Å². The number of unbranched alkanes of at least 4 members (excludes halogenated alkanes) is 3. The number of anilines is 1. The van der Waals surface area contributed by atoms with Crippen molar-refractivity contribution in [2.75, 3.05) is 36.1 Å². The van der Waals surface area contributed by atoms with Gasteiger partial charge in [0.05, 0.1) is 38.9 Å². The normalized spacial score (nSPS) is 18.1. The number of allylic oxidation sites excluding steroid dienone is 8. The Kier molecular flexibility index (Phi) is 18.6. The van der Waals surface area contributed by atoms with Crippen LogP contribution >= 0.6 is 0 Å². The standard InChI is InChI=1S/C48H56F4N2O13S4.Na.H/c1-6-7-25-67-46-44(51)42(49)41(43(50)45(46)52)40-30(15-21-38-47(2,3)34-28-32(70(61,62)63)17-19-36(34)53(38)23-8-10-26-68(55,56)57)13-12-14-31(40)16-22-39-48(4,5)35-29-33(71(64,65)66)18-20-37(35)54(39)24-9-11-27-69(58,59)60;;/h15-22,28-29H,6-14,23-27H2,1-5H3,(H3-,55,56,57,58,59,60,61,62,63,64,65,66);;. The van der Waals surface area contributed by atoms with Crippen molar-refractivity contribution in [2.24, 2.45) is 0 Å². The van der Waals surface area contributed by atoms with Crippen LogP contribution in [0.2, 0.25) is 0 Å². The minimum atomic E-state index is -4.92. The maximum atomic E-state index is 16.7. The van der Waals surface area contributed by atoms with Gasteiger partial charge < -0.3 is 14.2 Å². The van der Waals surface area contributed by atoms with Gasteiger partial charge in [-0.15, -0.1) is 0 Å². The minimum absolute atomic E-state index is 0. The van der Waals surface area contributed by atoms with Crippen LogP contribution in [0.25, 0.3) is 5.57 Å². The van der Waals surface area contributed by atoms with E-state index in [9.17, 15) is 51.9 Å². The number of nitrogens with zero attached hydrogens (tertiary/aromatic N) is 2. The van der Waals surface area contributed by atoms with E-state index in [1.54, 1.807) is 56.2 Å². The van der Waals surface area contributed by atoms with Gasteiger partial charge in [0, 0.05) is 47.5 Å². The summed E-state index contributed by atoms with van der Waals surface area (Å²) in [4.78, 5) is 0.855. The Morgan fingerprint density at radius 1 is 0.736 bits per heavy atom. The van der Waals surface area contributed by atoms with Gasteiger partial charge in [-0.05, 0) is 117 Å². The number of fused-ring (bicyclic) bond motifs is 2. The molecule has 0 spiro atoms. The Bertz CT molecular complexity index is 3230. The molecule has 0 unspecified atom stereocenters. The van der Waals surface area contributed by atoms with Gasteiger partial charge in [-0.25, -0.2) is 17.2 Å². The summed E-state index contributed by atoms with van der Waals surface area (Å²) in [5.41, 5.74) is -0.238. The van der Waals surface area contributed by atoms with E-state index in [1.807, 2.05) is 0 Å². The van der Waals surface area contributed by atoms with Crippen molar-refractivity contribution in [3.63, 3.8) is 0 Å². The van der Waals surface area contributed by atoms with Crippen LogP contribution in [0.1, 0.15) is 109 Å². The van der Waals surface area contributed by atoms with Gasteiger partial charge >= 0.3 is 29.6 Å². The molecule has 2 heterocycles. The van der Waals surface area contributed by atoms with Gasteiger partial charge in [-0.2, -0.15) is 38.6 Å². The first-order valence-electron chi connectivity index (χ1n) is 22.8. The number of hydrogen-bond acceptors (Lipinski definition) is 11. The van der Waals surface area contributed by atoms with Crippen molar-refractivity contribution in [1.82, 2.24) is 0 Å². The average Bonchev–Trinajstić information content (AvgIpc) is 3.61. The summed E-state index contributed by atoms with van der Waals surface area (Å²) in [5, 5.41) is 0. The molecule has 24 heteroatoms. The molecule has 390 valence electrons. The van der Waals surface area contributed by atoms with E-state index >= 15 is 17.6 Å². The summed E-state index contributed by atoms with van der Waals surface area (Å²) in [5.74, 6) is -9.35. The van der Waals surface area contributed by atoms with Crippen molar-refractivity contribution in [1.29, 1.82) is 0 Å². The van der Waals surface area contributed by atoms with E-state index in [0.717, 1.165) is 6.07 Å². The summed E-state index contributed by atoms with van der Waals surface area (Å²) in [6.07, 6.45) is 8.12. The van der Waals surface area contributed by atoms with E-state index < -0.39 is 107 Å². The second kappa shape index (κ2) is 22.6. The van der Waals surface area contributed by atoms with Gasteiger partial charge in [-0.1, -0.05) is 39.3 Å². The quantitative estimate of drug-likeness (QED) is 0.0241. The molecule has 0 atom stereocenters. The second-order valence-electron chi connectivity index (χ2n) is 18.7. The molecule has 2 aliphatic heterocycles. The van der Waals surface area contributed by atoms with E-state index in [-0.39, 0.29) is 104 Å². The predicted octanol–water partition coefficient (Wildman–Crippen LogP) is 8.44. The topological polar surface area (TPSA) is 236 Å². The Morgan fingerprint density at radius 2 is 1.33 bits per heavy atom. The summed E-state index contributed by atoms with van der Waals surface area (Å²) in [6.45, 7) is 8.75. The Balaban J connectivity index is 0.00000963. The maximum absolute atomic E-state index is 16.7. The molecule has 0 amide bonds. The molecule has 0 fully saturated rings. The molecular weight excluding hydrogens is 1040 g/mol. The number of benzene rings is 3. The van der Waals surface area contributed by atoms with Crippen molar-refractivity contribution < 1.29 is 78.8 Å². The zero-order chi connectivity index (χ0) is 52.6. The molecule has 3 aromatic rings. The molecule has 3 aromatic carbocycles. The SMILES string of the molecule is CCCCOc1c(F)c(F)c(C2=C(C=CC3=[N+](CCCCS(=O)(=O)O)c4ccc(S(=O)(=O)[O-])cc4C3(C)C)CCCC2=CC=C2N(CCCCS(=O)(=O)O)c3ccc(S(=O)(=O)O)cc3C2(C)C)c(F)c1F.[NaH]. The summed E-state index contributed by atoms with van der Waals surface area (Å²) < 4.78 is 208. The molecule has 72 heavy (non-hydrogen) atoms. The fourth-order valence-corrected chi connectivity index (χ4v) is 11.6. The number of hydrogen-bond donors (Lipinski definition) is 3. The summed E-state index contributed by atoms with van der Waals surface area (Å²) >= 11 is 0. The fourth-order valence-electron chi connectivity index (χ4n) is 9.43. The van der Waals surface area contributed by atoms with Crippen LogP contribution < -0.4 is 9.64 Å². The fraction of sp³-hybridized carbons (Fsp3) is 0.438. The first-order chi connectivity index (χ1) is 32.9. The zero-order valence-electron chi connectivity index (χ0n) is 39.6. The van der Waals surface area contributed by atoms with Crippen LogP contribution in [0.5, 0.6) is 5.75 Å². The first kappa shape index (κ1) is 59.1. The van der Waals surface area contributed by atoms with Gasteiger partial charge in [0.1, 0.15) is 16.7 Å². The van der Waals surface area contributed by atoms with Crippen LogP contribution in [0.3, 0.4) is 0 Å². The third kappa shape index (κ3) is 13.0. The molecule has 3 N–H and O–H groups in total. The Hall–Kier alpha value is -3.75. The van der Waals surface area contributed by atoms with Crippen LogP contribution in [0, 0.1) is 23.3 Å². The number of halogens is 4. The molecule has 6 rings (SSSR count). The molecule has 0 radical (unpaired) electrons. The van der Waals surface area contributed by atoms with Crippen molar-refractivity contribution in [2.45, 2.75) is 113 Å². The van der Waals surface area contributed by atoms with Crippen LogP contribution in [-0.2, 0) is 51.3 Å². The van der Waals surface area contributed by atoms with Crippen molar-refractivity contribution in [3.05, 3.63) is 118 Å². The van der Waals surface area contributed by atoms with Crippen molar-refractivity contribution in [3.8, 4) is 5.75 Å². The second-order valence-corrected chi connectivity index (χ2v) is 24.7. The van der Waals surface area contributed by atoms with Gasteiger partial charge in [0.15, 0.2) is 23.1 Å². The zero-order valence-corrected chi connectivity index (χ0v) is 42.9. The third-order valence-electron chi connectivity index (χ3n) is 13.0. The molecular formula is C48H57F4N2NaO13S4. The van der Waals surface area contributed by atoms with E-state index in [0.29, 0.717) is 53.2 Å². The monoisotopic (exact) mass is 1100 g/mol. The molecule has 3 aliphatic rings. The average molecular weight is 1100 g/mol. The molecule has 15 nitrogen and oxygen atoms in total. The summed E-state index contributed by atoms with van der Waals surface area (Å²) in [6, 6.07) is 7.73. The first-order valence-corrected chi connectivity index (χ1v) is 28.8. The summed E-state index contributed by atoms with van der Waals surface area (Å²) in [7, 11) is -18.2. The van der Waals surface area contributed by atoms with Gasteiger partial charge in [0.25, 0.3) is 30.4 Å². The van der Waals surface area contributed by atoms with Gasteiger partial charge in [0.2, 0.25) is 17.3 Å².